The number of rotatable bonds is 3. The first-order valence-corrected chi connectivity index (χ1v) is 9.63. The summed E-state index contributed by atoms with van der Waals surface area (Å²) in [7, 11) is 0. The second-order valence-electron chi connectivity index (χ2n) is 7.22. The molecule has 0 amide bonds. The Bertz CT molecular complexity index is 486. The molecule has 0 radical (unpaired) electrons. The van der Waals surface area contributed by atoms with Gasteiger partial charge in [-0.05, 0) is 93.7 Å². The van der Waals surface area contributed by atoms with E-state index >= 15 is 0 Å². The fraction of sp³-hybridized carbons (Fsp3) is 0.684. The molecular formula is C19H30N2S. The summed E-state index contributed by atoms with van der Waals surface area (Å²) < 4.78 is 2.56. The Balaban J connectivity index is 1.48. The average molecular weight is 319 g/mol. The maximum Gasteiger partial charge on any atom is 0.0233 e. The fourth-order valence-corrected chi connectivity index (χ4v) is 4.66. The molecule has 0 aliphatic carbocycles. The Morgan fingerprint density at radius 2 is 1.59 bits per heavy atom. The number of piperidine rings is 2. The van der Waals surface area contributed by atoms with Crippen molar-refractivity contribution in [1.82, 2.24) is 9.21 Å². The van der Waals surface area contributed by atoms with Gasteiger partial charge < -0.3 is 4.90 Å². The van der Waals surface area contributed by atoms with Gasteiger partial charge in [0.05, 0.1) is 0 Å². The Kier molecular flexibility index (Phi) is 5.48. The first kappa shape index (κ1) is 16.4. The summed E-state index contributed by atoms with van der Waals surface area (Å²) in [4.78, 5) is 4.16. The van der Waals surface area contributed by atoms with Crippen LogP contribution in [0.1, 0.15) is 43.7 Å². The minimum Gasteiger partial charge on any atom is -0.300 e. The van der Waals surface area contributed by atoms with E-state index in [-0.39, 0.29) is 0 Å². The van der Waals surface area contributed by atoms with Crippen LogP contribution < -0.4 is 0 Å². The van der Waals surface area contributed by atoms with E-state index in [9.17, 15) is 0 Å². The van der Waals surface area contributed by atoms with Gasteiger partial charge in [-0.1, -0.05) is 13.0 Å². The molecule has 1 aromatic rings. The van der Waals surface area contributed by atoms with Crippen molar-refractivity contribution in [3.8, 4) is 0 Å². The smallest absolute Gasteiger partial charge is 0.0233 e. The van der Waals surface area contributed by atoms with Crippen molar-refractivity contribution < 1.29 is 0 Å². The molecule has 2 aliphatic heterocycles. The molecule has 0 bridgehead atoms. The summed E-state index contributed by atoms with van der Waals surface area (Å²) >= 11 is 1.95. The summed E-state index contributed by atoms with van der Waals surface area (Å²) in [5, 5.41) is 0. The fourth-order valence-electron chi connectivity index (χ4n) is 3.61. The van der Waals surface area contributed by atoms with Crippen molar-refractivity contribution in [2.24, 2.45) is 5.92 Å². The predicted molar refractivity (Wildman–Crippen MR) is 96.3 cm³/mol. The maximum atomic E-state index is 2.76. The molecule has 2 aliphatic rings. The minimum atomic E-state index is 0.837. The number of hydrogen-bond acceptors (Lipinski definition) is 3. The van der Waals surface area contributed by atoms with Gasteiger partial charge in [-0.25, -0.2) is 4.31 Å². The second kappa shape index (κ2) is 7.37. The van der Waals surface area contributed by atoms with E-state index in [1.165, 1.54) is 67.9 Å². The topological polar surface area (TPSA) is 6.48 Å². The van der Waals surface area contributed by atoms with E-state index in [0.29, 0.717) is 0 Å². The van der Waals surface area contributed by atoms with Crippen LogP contribution >= 0.6 is 11.9 Å². The molecule has 1 aromatic carbocycles. The Morgan fingerprint density at radius 3 is 2.23 bits per heavy atom. The Labute approximate surface area is 140 Å². The first-order chi connectivity index (χ1) is 10.6. The van der Waals surface area contributed by atoms with Crippen LogP contribution in [-0.2, 0) is 0 Å². The zero-order chi connectivity index (χ0) is 15.5. The van der Waals surface area contributed by atoms with Gasteiger partial charge >= 0.3 is 0 Å². The molecule has 3 heteroatoms. The molecule has 22 heavy (non-hydrogen) atoms. The van der Waals surface area contributed by atoms with Gasteiger partial charge in [0.25, 0.3) is 0 Å². The number of likely N-dealkylation sites (tertiary alicyclic amines) is 1. The molecule has 2 heterocycles. The zero-order valence-electron chi connectivity index (χ0n) is 14.3. The molecule has 0 spiro atoms. The first-order valence-electron chi connectivity index (χ1n) is 8.86. The highest BCUT2D eigenvalue weighted by atomic mass is 32.2. The highest BCUT2D eigenvalue weighted by Crippen LogP contribution is 2.30. The quantitative estimate of drug-likeness (QED) is 0.757. The molecule has 2 nitrogen and oxygen atoms in total. The van der Waals surface area contributed by atoms with Crippen LogP contribution in [0.4, 0.5) is 0 Å². The molecule has 122 valence electrons. The molecule has 0 N–H and O–H groups in total. The van der Waals surface area contributed by atoms with Crippen LogP contribution in [0.3, 0.4) is 0 Å². The van der Waals surface area contributed by atoms with E-state index in [2.05, 4.69) is 48.2 Å². The third kappa shape index (κ3) is 4.06. The zero-order valence-corrected chi connectivity index (χ0v) is 15.2. The van der Waals surface area contributed by atoms with E-state index < -0.39 is 0 Å². The molecular weight excluding hydrogens is 288 g/mol. The highest BCUT2D eigenvalue weighted by Gasteiger charge is 2.27. The maximum absolute atomic E-state index is 2.76. The van der Waals surface area contributed by atoms with Crippen molar-refractivity contribution >= 4 is 11.9 Å². The molecule has 0 atom stereocenters. The van der Waals surface area contributed by atoms with Crippen molar-refractivity contribution in [1.29, 1.82) is 0 Å². The van der Waals surface area contributed by atoms with Gasteiger partial charge in [0.15, 0.2) is 0 Å². The van der Waals surface area contributed by atoms with E-state index in [1.807, 2.05) is 11.9 Å². The second-order valence-corrected chi connectivity index (χ2v) is 8.39. The lowest BCUT2D eigenvalue weighted by molar-refractivity contribution is 0.103. The summed E-state index contributed by atoms with van der Waals surface area (Å²) in [6.07, 6.45) is 5.48. The summed E-state index contributed by atoms with van der Waals surface area (Å²) in [6, 6.07) is 7.69. The third-order valence-electron chi connectivity index (χ3n) is 5.47. The van der Waals surface area contributed by atoms with Gasteiger partial charge in [0, 0.05) is 24.0 Å². The van der Waals surface area contributed by atoms with Crippen LogP contribution in [0.2, 0.25) is 0 Å². The van der Waals surface area contributed by atoms with Crippen LogP contribution in [0, 0.1) is 19.8 Å². The number of nitrogens with zero attached hydrogens (tertiary/aromatic N) is 2. The normalized spacial score (nSPS) is 23.0. The van der Waals surface area contributed by atoms with Gasteiger partial charge in [0.2, 0.25) is 0 Å². The Morgan fingerprint density at radius 1 is 0.909 bits per heavy atom. The standard InChI is InChI=1S/C19H30N2S/c1-15-6-10-20(11-7-15)18-8-12-21(13-9-18)22-19-5-4-16(2)17(3)14-19/h4-5,14-15,18H,6-13H2,1-3H3. The monoisotopic (exact) mass is 318 g/mol. The van der Waals surface area contributed by atoms with E-state index in [1.54, 1.807) is 0 Å². The van der Waals surface area contributed by atoms with Crippen LogP contribution in [-0.4, -0.2) is 41.4 Å². The lowest BCUT2D eigenvalue weighted by Crippen LogP contribution is -2.46. The number of aryl methyl sites for hydroxylation is 2. The van der Waals surface area contributed by atoms with Crippen molar-refractivity contribution in [3.05, 3.63) is 29.3 Å². The molecule has 2 fully saturated rings. The third-order valence-corrected chi connectivity index (χ3v) is 6.56. The molecule has 0 aromatic heterocycles. The van der Waals surface area contributed by atoms with Crippen molar-refractivity contribution in [2.75, 3.05) is 26.2 Å². The lowest BCUT2D eigenvalue weighted by Gasteiger charge is -2.41. The van der Waals surface area contributed by atoms with Gasteiger partial charge in [-0.3, -0.25) is 0 Å². The highest BCUT2D eigenvalue weighted by molar-refractivity contribution is 7.97. The summed E-state index contributed by atoms with van der Waals surface area (Å²) in [5.41, 5.74) is 2.80. The largest absolute Gasteiger partial charge is 0.300 e. The molecule has 2 saturated heterocycles. The van der Waals surface area contributed by atoms with Gasteiger partial charge in [-0.15, -0.1) is 0 Å². The van der Waals surface area contributed by atoms with Crippen molar-refractivity contribution in [3.63, 3.8) is 0 Å². The lowest BCUT2D eigenvalue weighted by atomic mass is 9.95. The molecule has 0 unspecified atom stereocenters. The van der Waals surface area contributed by atoms with Crippen LogP contribution in [0.15, 0.2) is 23.1 Å². The van der Waals surface area contributed by atoms with Crippen LogP contribution in [0.25, 0.3) is 0 Å². The average Bonchev–Trinajstić information content (AvgIpc) is 2.53. The number of hydrogen-bond donors (Lipinski definition) is 0. The van der Waals surface area contributed by atoms with Crippen LogP contribution in [0.5, 0.6) is 0 Å². The summed E-state index contributed by atoms with van der Waals surface area (Å²) in [6.45, 7) is 11.9. The Hall–Kier alpha value is -0.510. The summed E-state index contributed by atoms with van der Waals surface area (Å²) in [5.74, 6) is 0.941. The van der Waals surface area contributed by atoms with E-state index in [0.717, 1.165) is 12.0 Å². The SMILES string of the molecule is Cc1ccc(SN2CCC(N3CCC(C)CC3)CC2)cc1C. The number of benzene rings is 1. The molecule has 3 rings (SSSR count). The molecule has 0 saturated carbocycles. The predicted octanol–water partition coefficient (Wildman–Crippen LogP) is 4.51. The van der Waals surface area contributed by atoms with E-state index in [4.69, 9.17) is 0 Å². The minimum absolute atomic E-state index is 0.837. The van der Waals surface area contributed by atoms with Crippen molar-refractivity contribution in [2.45, 2.75) is 57.4 Å². The van der Waals surface area contributed by atoms with Gasteiger partial charge in [0.1, 0.15) is 0 Å². The van der Waals surface area contributed by atoms with Gasteiger partial charge in [-0.2, -0.15) is 0 Å².